The molecule has 0 radical (unpaired) electrons. The number of halogens is 7. The van der Waals surface area contributed by atoms with Gasteiger partial charge in [-0.3, -0.25) is 4.98 Å². The minimum atomic E-state index is -5.57. The molecule has 0 atom stereocenters. The lowest BCUT2D eigenvalue weighted by atomic mass is 10.2. The molecule has 0 amide bonds. The normalized spacial score (nSPS) is 12.9. The summed E-state index contributed by atoms with van der Waals surface area (Å²) in [7, 11) is 0. The predicted molar refractivity (Wildman–Crippen MR) is 55.1 cm³/mol. The molecule has 0 bridgehead atoms. The van der Waals surface area contributed by atoms with Crippen molar-refractivity contribution in [2.75, 3.05) is 0 Å². The first-order valence-electron chi connectivity index (χ1n) is 4.87. The maximum Gasteiger partial charge on any atom is 0.434 e. The lowest BCUT2D eigenvalue weighted by Gasteiger charge is -2.24. The van der Waals surface area contributed by atoms with Crippen molar-refractivity contribution >= 4 is 11.6 Å². The van der Waals surface area contributed by atoms with Crippen LogP contribution in [0.25, 0.3) is 0 Å². The molecule has 0 aliphatic carbocycles. The molecule has 0 unspecified atom stereocenters. The molecule has 0 fully saturated rings. The lowest BCUT2D eigenvalue weighted by molar-refractivity contribution is -0.300. The summed E-state index contributed by atoms with van der Waals surface area (Å²) in [5, 5.41) is 0. The summed E-state index contributed by atoms with van der Waals surface area (Å²) in [6.45, 7) is 1.40. The van der Waals surface area contributed by atoms with Gasteiger partial charge in [0, 0.05) is 23.5 Å². The summed E-state index contributed by atoms with van der Waals surface area (Å²) in [5.41, 5.74) is 0.165. The van der Waals surface area contributed by atoms with Gasteiger partial charge in [0.2, 0.25) is 0 Å². The number of alkyl halides is 7. The molecule has 0 saturated carbocycles. The number of aryl methyl sites for hydroxylation is 1. The molecule has 1 aromatic heterocycles. The van der Waals surface area contributed by atoms with Gasteiger partial charge < -0.3 is 4.74 Å². The van der Waals surface area contributed by atoms with Crippen LogP contribution >= 0.6 is 11.6 Å². The minimum absolute atomic E-state index is 0.0502. The maximum atomic E-state index is 12.3. The number of pyridine rings is 1. The molecule has 1 rings (SSSR count). The Morgan fingerprint density at radius 1 is 1.21 bits per heavy atom. The Labute approximate surface area is 109 Å². The average molecular weight is 308 g/mol. The van der Waals surface area contributed by atoms with Crippen LogP contribution in [0.1, 0.15) is 11.3 Å². The number of hydrogen-bond acceptors (Lipinski definition) is 2. The number of nitrogens with zero attached hydrogens (tertiary/aromatic N) is 1. The highest BCUT2D eigenvalue weighted by Gasteiger charge is 2.59. The van der Waals surface area contributed by atoms with Crippen molar-refractivity contribution in [1.82, 2.24) is 4.98 Å². The Kier molecular flexibility index (Phi) is 4.54. The SMILES string of the molecule is Cc1cc(OC(C(F)(F)F)C(F)(F)F)c(CCl)cn1. The highest BCUT2D eigenvalue weighted by molar-refractivity contribution is 6.17. The first-order chi connectivity index (χ1) is 8.55. The lowest BCUT2D eigenvalue weighted by Crippen LogP contribution is -2.46. The Morgan fingerprint density at radius 3 is 2.16 bits per heavy atom. The van der Waals surface area contributed by atoms with Crippen molar-refractivity contribution in [2.45, 2.75) is 31.3 Å². The zero-order valence-electron chi connectivity index (χ0n) is 9.44. The molecule has 19 heavy (non-hydrogen) atoms. The maximum absolute atomic E-state index is 12.3. The van der Waals surface area contributed by atoms with E-state index < -0.39 is 24.2 Å². The quantitative estimate of drug-likeness (QED) is 0.622. The van der Waals surface area contributed by atoms with Gasteiger partial charge in [0.15, 0.2) is 0 Å². The van der Waals surface area contributed by atoms with Crippen LogP contribution in [0.2, 0.25) is 0 Å². The molecule has 0 saturated heterocycles. The fourth-order valence-corrected chi connectivity index (χ4v) is 1.42. The van der Waals surface area contributed by atoms with Crippen molar-refractivity contribution in [2.24, 2.45) is 0 Å². The van der Waals surface area contributed by atoms with E-state index in [1.54, 1.807) is 0 Å². The fraction of sp³-hybridized carbons (Fsp3) is 0.500. The molecule has 1 heterocycles. The Bertz CT molecular complexity index is 431. The molecule has 1 aromatic rings. The van der Waals surface area contributed by atoms with Crippen molar-refractivity contribution in [1.29, 1.82) is 0 Å². The van der Waals surface area contributed by atoms with Gasteiger partial charge in [0.1, 0.15) is 5.75 Å². The molecule has 9 heteroatoms. The number of ether oxygens (including phenoxy) is 1. The van der Waals surface area contributed by atoms with Crippen molar-refractivity contribution in [3.05, 3.63) is 23.5 Å². The van der Waals surface area contributed by atoms with Gasteiger partial charge in [0.05, 0.1) is 5.88 Å². The van der Waals surface area contributed by atoms with E-state index >= 15 is 0 Å². The van der Waals surface area contributed by atoms with Gasteiger partial charge >= 0.3 is 12.4 Å². The standard InChI is InChI=1S/C10H8ClF6NO/c1-5-2-7(6(3-11)4-18-5)19-8(9(12,13)14)10(15,16)17/h2,4,8H,3H2,1H3. The summed E-state index contributed by atoms with van der Waals surface area (Å²) in [6, 6.07) is 0.974. The molecule has 108 valence electrons. The fourth-order valence-electron chi connectivity index (χ4n) is 1.22. The van der Waals surface area contributed by atoms with E-state index in [1.165, 1.54) is 6.92 Å². The van der Waals surface area contributed by atoms with Crippen LogP contribution in [0.15, 0.2) is 12.3 Å². The van der Waals surface area contributed by atoms with Gasteiger partial charge in [0.25, 0.3) is 6.10 Å². The number of rotatable bonds is 3. The summed E-state index contributed by atoms with van der Waals surface area (Å²) in [5.74, 6) is -0.896. The van der Waals surface area contributed by atoms with Crippen LogP contribution < -0.4 is 4.74 Å². The van der Waals surface area contributed by atoms with Crippen molar-refractivity contribution in [3.63, 3.8) is 0 Å². The van der Waals surface area contributed by atoms with Crippen molar-refractivity contribution in [3.8, 4) is 5.75 Å². The Hall–Kier alpha value is -1.18. The molecule has 0 spiro atoms. The zero-order valence-corrected chi connectivity index (χ0v) is 10.2. The average Bonchev–Trinajstić information content (AvgIpc) is 2.23. The van der Waals surface area contributed by atoms with E-state index in [1.807, 2.05) is 0 Å². The van der Waals surface area contributed by atoms with Crippen molar-refractivity contribution < 1.29 is 31.1 Å². The molecule has 0 aliphatic rings. The van der Waals surface area contributed by atoms with Crippen LogP contribution in [0.3, 0.4) is 0 Å². The number of aromatic nitrogens is 1. The molecule has 0 aromatic carbocycles. The van der Waals surface area contributed by atoms with E-state index in [2.05, 4.69) is 9.72 Å². The second-order valence-corrected chi connectivity index (χ2v) is 3.92. The van der Waals surface area contributed by atoms with E-state index in [9.17, 15) is 26.3 Å². The molecule has 0 aliphatic heterocycles. The van der Waals surface area contributed by atoms with Gasteiger partial charge in [-0.25, -0.2) is 0 Å². The zero-order chi connectivity index (χ0) is 14.8. The summed E-state index contributed by atoms with van der Waals surface area (Å²) >= 11 is 5.41. The van der Waals surface area contributed by atoms with Gasteiger partial charge in [-0.15, -0.1) is 11.6 Å². The second kappa shape index (κ2) is 5.44. The van der Waals surface area contributed by atoms with Crippen LogP contribution in [-0.4, -0.2) is 23.4 Å². The largest absolute Gasteiger partial charge is 0.471 e. The van der Waals surface area contributed by atoms with E-state index in [4.69, 9.17) is 11.6 Å². The van der Waals surface area contributed by atoms with Crippen LogP contribution in [0, 0.1) is 6.92 Å². The molecular formula is C10H8ClF6NO. The summed E-state index contributed by atoms with van der Waals surface area (Å²) < 4.78 is 78.1. The minimum Gasteiger partial charge on any atom is -0.471 e. The van der Waals surface area contributed by atoms with Crippen LogP contribution in [-0.2, 0) is 5.88 Å². The summed E-state index contributed by atoms with van der Waals surface area (Å²) in [6.07, 6.45) is -14.0. The smallest absolute Gasteiger partial charge is 0.434 e. The monoisotopic (exact) mass is 307 g/mol. The van der Waals surface area contributed by atoms with Gasteiger partial charge in [-0.05, 0) is 6.92 Å². The van der Waals surface area contributed by atoms with E-state index in [0.717, 1.165) is 12.3 Å². The van der Waals surface area contributed by atoms with Gasteiger partial charge in [-0.2, -0.15) is 26.3 Å². The van der Waals surface area contributed by atoms with Crippen LogP contribution in [0.5, 0.6) is 5.75 Å². The first-order valence-corrected chi connectivity index (χ1v) is 5.40. The number of hydrogen-bond donors (Lipinski definition) is 0. The molecule has 0 N–H and O–H groups in total. The topological polar surface area (TPSA) is 22.1 Å². The second-order valence-electron chi connectivity index (χ2n) is 3.65. The highest BCUT2D eigenvalue weighted by atomic mass is 35.5. The van der Waals surface area contributed by atoms with E-state index in [0.29, 0.717) is 0 Å². The first kappa shape index (κ1) is 15.9. The molecular weight excluding hydrogens is 300 g/mol. The third-order valence-corrected chi connectivity index (χ3v) is 2.35. The Morgan fingerprint density at radius 2 is 1.74 bits per heavy atom. The Balaban J connectivity index is 3.14. The van der Waals surface area contributed by atoms with E-state index in [-0.39, 0.29) is 17.1 Å². The third kappa shape index (κ3) is 4.15. The predicted octanol–water partition coefficient (Wildman–Crippen LogP) is 4.00. The highest BCUT2D eigenvalue weighted by Crippen LogP contribution is 2.37. The van der Waals surface area contributed by atoms with Gasteiger partial charge in [-0.1, -0.05) is 0 Å². The molecule has 2 nitrogen and oxygen atoms in total. The summed E-state index contributed by atoms with van der Waals surface area (Å²) in [4.78, 5) is 3.72. The van der Waals surface area contributed by atoms with Crippen LogP contribution in [0.4, 0.5) is 26.3 Å². The third-order valence-electron chi connectivity index (χ3n) is 2.06.